The maximum Gasteiger partial charge on any atom is 0.272 e. The molecule has 0 aliphatic heterocycles. The van der Waals surface area contributed by atoms with Gasteiger partial charge in [0.2, 0.25) is 5.91 Å². The fourth-order valence-electron chi connectivity index (χ4n) is 2.47. The molecule has 3 amide bonds. The Morgan fingerprint density at radius 2 is 1.80 bits per heavy atom. The Labute approximate surface area is 182 Å². The summed E-state index contributed by atoms with van der Waals surface area (Å²) in [6.07, 6.45) is 1.63. The van der Waals surface area contributed by atoms with Gasteiger partial charge >= 0.3 is 0 Å². The molecule has 0 saturated carbocycles. The van der Waals surface area contributed by atoms with E-state index in [0.717, 1.165) is 9.77 Å². The largest absolute Gasteiger partial charge is 0.369 e. The van der Waals surface area contributed by atoms with Crippen LogP contribution in [0.5, 0.6) is 0 Å². The van der Waals surface area contributed by atoms with Crippen molar-refractivity contribution >= 4 is 52.6 Å². The highest BCUT2D eigenvalue weighted by molar-refractivity contribution is 8.00. The van der Waals surface area contributed by atoms with Crippen LogP contribution in [0.2, 0.25) is 0 Å². The van der Waals surface area contributed by atoms with Crippen molar-refractivity contribution in [2.24, 2.45) is 5.73 Å². The van der Waals surface area contributed by atoms with E-state index in [-0.39, 0.29) is 17.4 Å². The zero-order valence-electron chi connectivity index (χ0n) is 15.8. The summed E-state index contributed by atoms with van der Waals surface area (Å²) in [5, 5.41) is 7.38. The minimum atomic E-state index is -0.454. The lowest BCUT2D eigenvalue weighted by atomic mass is 10.2. The maximum atomic E-state index is 12.9. The molecule has 0 bridgehead atoms. The topological polar surface area (TPSA) is 101 Å². The molecule has 0 radical (unpaired) electrons. The molecule has 0 saturated heterocycles. The first-order valence-corrected chi connectivity index (χ1v) is 10.8. The second-order valence-electron chi connectivity index (χ2n) is 6.13. The molecule has 1 aromatic heterocycles. The van der Waals surface area contributed by atoms with Crippen LogP contribution in [-0.4, -0.2) is 23.5 Å². The van der Waals surface area contributed by atoms with Crippen LogP contribution in [-0.2, 0) is 9.59 Å². The molecule has 0 spiro atoms. The first-order valence-electron chi connectivity index (χ1n) is 8.95. The molecule has 4 N–H and O–H groups in total. The fourth-order valence-corrected chi connectivity index (χ4v) is 3.83. The number of carbonyl (C=O) groups is 3. The van der Waals surface area contributed by atoms with E-state index in [9.17, 15) is 14.4 Å². The van der Waals surface area contributed by atoms with Gasteiger partial charge in [0.1, 0.15) is 5.70 Å². The van der Waals surface area contributed by atoms with Crippen LogP contribution in [0.4, 0.5) is 5.69 Å². The molecule has 1 heterocycles. The van der Waals surface area contributed by atoms with Crippen molar-refractivity contribution in [2.45, 2.75) is 4.90 Å². The smallest absolute Gasteiger partial charge is 0.272 e. The van der Waals surface area contributed by atoms with Crippen molar-refractivity contribution in [3.8, 4) is 0 Å². The van der Waals surface area contributed by atoms with Gasteiger partial charge in [-0.2, -0.15) is 0 Å². The summed E-state index contributed by atoms with van der Waals surface area (Å²) >= 11 is 2.74. The van der Waals surface area contributed by atoms with Crippen LogP contribution in [0.3, 0.4) is 0 Å². The summed E-state index contributed by atoms with van der Waals surface area (Å²) in [6.45, 7) is 0. The molecular formula is C22H19N3O3S2. The van der Waals surface area contributed by atoms with Gasteiger partial charge in [-0.1, -0.05) is 30.3 Å². The maximum absolute atomic E-state index is 12.9. The number of thioether (sulfide) groups is 1. The molecule has 2 aromatic carbocycles. The normalized spacial score (nSPS) is 11.0. The molecule has 0 aliphatic rings. The fraction of sp³-hybridized carbons (Fsp3) is 0.0455. The number of benzene rings is 2. The lowest BCUT2D eigenvalue weighted by Crippen LogP contribution is -2.30. The molecule has 30 heavy (non-hydrogen) atoms. The number of rotatable bonds is 8. The first kappa shape index (κ1) is 21.4. The van der Waals surface area contributed by atoms with E-state index in [1.807, 2.05) is 29.6 Å². The number of hydrogen-bond acceptors (Lipinski definition) is 5. The van der Waals surface area contributed by atoms with Crippen molar-refractivity contribution < 1.29 is 14.4 Å². The molecule has 152 valence electrons. The first-order chi connectivity index (χ1) is 14.5. The number of thiophene rings is 1. The third-order valence-electron chi connectivity index (χ3n) is 3.83. The van der Waals surface area contributed by atoms with Gasteiger partial charge in [-0.15, -0.1) is 23.1 Å². The minimum absolute atomic E-state index is 0.126. The highest BCUT2D eigenvalue weighted by Crippen LogP contribution is 2.22. The van der Waals surface area contributed by atoms with Crippen molar-refractivity contribution in [1.82, 2.24) is 5.32 Å². The Balaban J connectivity index is 1.78. The van der Waals surface area contributed by atoms with Gasteiger partial charge in [0.15, 0.2) is 0 Å². The van der Waals surface area contributed by atoms with Gasteiger partial charge in [-0.05, 0) is 47.9 Å². The quantitative estimate of drug-likeness (QED) is 0.369. The summed E-state index contributed by atoms with van der Waals surface area (Å²) in [5.41, 5.74) is 6.30. The Morgan fingerprint density at radius 1 is 1.00 bits per heavy atom. The van der Waals surface area contributed by atoms with Crippen LogP contribution in [0.15, 0.2) is 82.7 Å². The Bertz CT molecular complexity index is 1060. The monoisotopic (exact) mass is 437 g/mol. The average molecular weight is 438 g/mol. The van der Waals surface area contributed by atoms with Crippen LogP contribution in [0.25, 0.3) is 6.08 Å². The van der Waals surface area contributed by atoms with Crippen molar-refractivity contribution in [3.63, 3.8) is 0 Å². The van der Waals surface area contributed by atoms with Crippen LogP contribution < -0.4 is 16.4 Å². The van der Waals surface area contributed by atoms with Crippen molar-refractivity contribution in [2.75, 3.05) is 11.1 Å². The SMILES string of the molecule is NC(=O)CSc1cccc(NC(=O)/C(=C\c2cccs2)NC(=O)c2ccccc2)c1. The van der Waals surface area contributed by atoms with E-state index in [0.29, 0.717) is 11.3 Å². The molecule has 0 unspecified atom stereocenters. The predicted octanol–water partition coefficient (Wildman–Crippen LogP) is 3.74. The van der Waals surface area contributed by atoms with Gasteiger partial charge in [0, 0.05) is 21.0 Å². The average Bonchev–Trinajstić information content (AvgIpc) is 3.26. The Morgan fingerprint density at radius 3 is 2.50 bits per heavy atom. The molecule has 0 atom stereocenters. The highest BCUT2D eigenvalue weighted by Gasteiger charge is 2.15. The zero-order chi connectivity index (χ0) is 21.3. The number of nitrogens with two attached hydrogens (primary N) is 1. The molecule has 3 aromatic rings. The van der Waals surface area contributed by atoms with Gasteiger partial charge in [0.25, 0.3) is 11.8 Å². The molecule has 8 heteroatoms. The summed E-state index contributed by atoms with van der Waals surface area (Å²) in [7, 11) is 0. The number of primary amides is 1. The standard InChI is InChI=1S/C22H19N3O3S2/c23-20(26)14-30-17-9-4-8-16(12-17)24-22(28)19(13-18-10-5-11-29-18)25-21(27)15-6-2-1-3-7-15/h1-13H,14H2,(H2,23,26)(H,24,28)(H,25,27)/b19-13+. The van der Waals surface area contributed by atoms with Gasteiger partial charge < -0.3 is 16.4 Å². The number of anilines is 1. The van der Waals surface area contributed by atoms with E-state index in [1.54, 1.807) is 48.5 Å². The number of amides is 3. The number of nitrogens with one attached hydrogen (secondary N) is 2. The second-order valence-corrected chi connectivity index (χ2v) is 8.16. The number of carbonyl (C=O) groups excluding carboxylic acids is 3. The van der Waals surface area contributed by atoms with Gasteiger partial charge in [-0.3, -0.25) is 14.4 Å². The van der Waals surface area contributed by atoms with Gasteiger partial charge in [-0.25, -0.2) is 0 Å². The van der Waals surface area contributed by atoms with Crippen LogP contribution in [0.1, 0.15) is 15.2 Å². The molecule has 6 nitrogen and oxygen atoms in total. The molecule has 0 fully saturated rings. The van der Waals surface area contributed by atoms with Crippen molar-refractivity contribution in [1.29, 1.82) is 0 Å². The van der Waals surface area contributed by atoms with E-state index < -0.39 is 11.8 Å². The third-order valence-corrected chi connectivity index (χ3v) is 5.67. The van der Waals surface area contributed by atoms with Crippen molar-refractivity contribution in [3.05, 3.63) is 88.2 Å². The summed E-state index contributed by atoms with van der Waals surface area (Å²) in [6, 6.07) is 19.5. The van der Waals surface area contributed by atoms with E-state index in [4.69, 9.17) is 5.73 Å². The zero-order valence-corrected chi connectivity index (χ0v) is 17.5. The Hall–Kier alpha value is -3.36. The Kier molecular flexibility index (Phi) is 7.42. The van der Waals surface area contributed by atoms with Gasteiger partial charge in [0.05, 0.1) is 5.75 Å². The lowest BCUT2D eigenvalue weighted by Gasteiger charge is -2.12. The summed E-state index contributed by atoms with van der Waals surface area (Å²) < 4.78 is 0. The van der Waals surface area contributed by atoms with E-state index >= 15 is 0 Å². The predicted molar refractivity (Wildman–Crippen MR) is 121 cm³/mol. The lowest BCUT2D eigenvalue weighted by molar-refractivity contribution is -0.115. The van der Waals surface area contributed by atoms with Crippen LogP contribution in [0, 0.1) is 0 Å². The molecule has 0 aliphatic carbocycles. The van der Waals surface area contributed by atoms with E-state index in [2.05, 4.69) is 10.6 Å². The second kappa shape index (κ2) is 10.4. The minimum Gasteiger partial charge on any atom is -0.369 e. The summed E-state index contributed by atoms with van der Waals surface area (Å²) in [4.78, 5) is 38.1. The molecule has 3 rings (SSSR count). The number of hydrogen-bond donors (Lipinski definition) is 3. The highest BCUT2D eigenvalue weighted by atomic mass is 32.2. The summed E-state index contributed by atoms with van der Waals surface area (Å²) in [5.74, 6) is -1.10. The van der Waals surface area contributed by atoms with Crippen LogP contribution >= 0.6 is 23.1 Å². The van der Waals surface area contributed by atoms with E-state index in [1.165, 1.54) is 23.1 Å². The third kappa shape index (κ3) is 6.33. The molecular weight excluding hydrogens is 418 g/mol.